The second kappa shape index (κ2) is 10.2. The third-order valence-corrected chi connectivity index (χ3v) is 7.36. The maximum absolute atomic E-state index is 12.3. The molecular weight excluding hydrogens is 412 g/mol. The van der Waals surface area contributed by atoms with Crippen LogP contribution in [0.25, 0.3) is 0 Å². The van der Waals surface area contributed by atoms with Crippen LogP contribution in [-0.2, 0) is 14.8 Å². The van der Waals surface area contributed by atoms with Crippen molar-refractivity contribution in [3.8, 4) is 0 Å². The maximum atomic E-state index is 12.3. The fraction of sp³-hybridized carbons (Fsp3) is 0.526. The van der Waals surface area contributed by atoms with Gasteiger partial charge in [0.05, 0.1) is 6.10 Å². The Hall–Kier alpha value is -1.88. The van der Waals surface area contributed by atoms with Crippen molar-refractivity contribution in [3.05, 3.63) is 35.4 Å². The molecule has 0 atom stereocenters. The topological polar surface area (TPSA) is 110 Å². The van der Waals surface area contributed by atoms with Crippen molar-refractivity contribution in [2.75, 3.05) is 18.5 Å². The molecule has 29 heavy (non-hydrogen) atoms. The lowest BCUT2D eigenvalue weighted by Gasteiger charge is -2.21. The lowest BCUT2D eigenvalue weighted by molar-refractivity contribution is 0.0278. The molecule has 0 saturated heterocycles. The zero-order valence-electron chi connectivity index (χ0n) is 16.4. The number of aromatic nitrogens is 2. The molecule has 1 aliphatic rings. The van der Waals surface area contributed by atoms with Gasteiger partial charge in [-0.25, -0.2) is 13.1 Å². The molecule has 1 aromatic heterocycles. The third kappa shape index (κ3) is 6.56. The molecule has 1 aliphatic carbocycles. The fourth-order valence-corrected chi connectivity index (χ4v) is 5.08. The minimum atomic E-state index is -3.76. The van der Waals surface area contributed by atoms with Crippen molar-refractivity contribution < 1.29 is 17.9 Å². The van der Waals surface area contributed by atoms with Crippen molar-refractivity contribution >= 4 is 32.4 Å². The van der Waals surface area contributed by atoms with Crippen LogP contribution in [0, 0.1) is 6.92 Å². The van der Waals surface area contributed by atoms with Crippen LogP contribution in [0.2, 0.25) is 0 Å². The fourth-order valence-electron chi connectivity index (χ4n) is 3.07. The van der Waals surface area contributed by atoms with E-state index in [0.717, 1.165) is 29.7 Å². The summed E-state index contributed by atoms with van der Waals surface area (Å²) in [5.74, 6) is -0.363. The maximum Gasteiger partial charge on any atom is 0.269 e. The molecule has 10 heteroatoms. The van der Waals surface area contributed by atoms with E-state index in [-0.39, 0.29) is 21.9 Å². The largest absolute Gasteiger partial charge is 0.378 e. The number of aryl methyl sites for hydroxylation is 1. The molecule has 2 N–H and O–H groups in total. The number of sulfonamides is 1. The molecule has 158 valence electrons. The van der Waals surface area contributed by atoms with E-state index in [4.69, 9.17) is 4.74 Å². The second-order valence-corrected chi connectivity index (χ2v) is 9.99. The molecule has 0 bridgehead atoms. The van der Waals surface area contributed by atoms with Gasteiger partial charge in [-0.2, -0.15) is 0 Å². The van der Waals surface area contributed by atoms with Gasteiger partial charge in [0.1, 0.15) is 0 Å². The van der Waals surface area contributed by atoms with Crippen molar-refractivity contribution in [1.82, 2.24) is 14.9 Å². The summed E-state index contributed by atoms with van der Waals surface area (Å²) in [7, 11) is -3.76. The molecular formula is C19H26N4O4S2. The molecule has 3 rings (SSSR count). The van der Waals surface area contributed by atoms with Crippen LogP contribution >= 0.6 is 11.3 Å². The first-order chi connectivity index (χ1) is 13.9. The number of amides is 1. The normalized spacial score (nSPS) is 15.3. The SMILES string of the molecule is Cc1ccc(C(=O)Nc2nnc(S(=O)(=O)NCCCOC3CCCCC3)s2)cc1. The molecule has 0 radical (unpaired) electrons. The molecule has 0 aliphatic heterocycles. The van der Waals surface area contributed by atoms with Crippen LogP contribution in [0.3, 0.4) is 0 Å². The average Bonchev–Trinajstić information content (AvgIpc) is 3.18. The predicted molar refractivity (Wildman–Crippen MR) is 112 cm³/mol. The first-order valence-electron chi connectivity index (χ1n) is 9.77. The van der Waals surface area contributed by atoms with E-state index in [0.29, 0.717) is 24.7 Å². The van der Waals surface area contributed by atoms with Crippen LogP contribution < -0.4 is 10.0 Å². The summed E-state index contributed by atoms with van der Waals surface area (Å²) >= 11 is 0.817. The molecule has 1 heterocycles. The smallest absolute Gasteiger partial charge is 0.269 e. The summed E-state index contributed by atoms with van der Waals surface area (Å²) in [6.07, 6.45) is 6.76. The molecule has 1 aromatic carbocycles. The van der Waals surface area contributed by atoms with Crippen LogP contribution in [0.5, 0.6) is 0 Å². The Kier molecular flexibility index (Phi) is 7.70. The standard InChI is InChI=1S/C19H26N4O4S2/c1-14-8-10-15(11-9-14)17(24)21-18-22-23-19(28-18)29(25,26)20-12-5-13-27-16-6-3-2-4-7-16/h8-11,16,20H,2-7,12-13H2,1H3,(H,21,22,24). The van der Waals surface area contributed by atoms with E-state index >= 15 is 0 Å². The minimum Gasteiger partial charge on any atom is -0.378 e. The lowest BCUT2D eigenvalue weighted by atomic mass is 9.98. The minimum absolute atomic E-state index is 0.136. The van der Waals surface area contributed by atoms with Gasteiger partial charge in [-0.05, 0) is 38.3 Å². The number of benzene rings is 1. The molecule has 0 spiro atoms. The van der Waals surface area contributed by atoms with E-state index in [2.05, 4.69) is 20.2 Å². The van der Waals surface area contributed by atoms with E-state index in [9.17, 15) is 13.2 Å². The summed E-state index contributed by atoms with van der Waals surface area (Å²) < 4.78 is 32.8. The van der Waals surface area contributed by atoms with Crippen molar-refractivity contribution in [2.24, 2.45) is 0 Å². The zero-order valence-corrected chi connectivity index (χ0v) is 18.0. The number of ether oxygens (including phenoxy) is 1. The van der Waals surface area contributed by atoms with Gasteiger partial charge in [0.2, 0.25) is 9.47 Å². The summed E-state index contributed by atoms with van der Waals surface area (Å²) in [5, 5.41) is 10.2. The van der Waals surface area contributed by atoms with Gasteiger partial charge >= 0.3 is 0 Å². The Morgan fingerprint density at radius 2 is 1.90 bits per heavy atom. The number of hydrogen-bond donors (Lipinski definition) is 2. The highest BCUT2D eigenvalue weighted by Crippen LogP contribution is 2.21. The van der Waals surface area contributed by atoms with Gasteiger partial charge in [0.15, 0.2) is 0 Å². The number of nitrogens with one attached hydrogen (secondary N) is 2. The van der Waals surface area contributed by atoms with Crippen molar-refractivity contribution in [3.63, 3.8) is 0 Å². The van der Waals surface area contributed by atoms with Crippen molar-refractivity contribution in [1.29, 1.82) is 0 Å². The summed E-state index contributed by atoms with van der Waals surface area (Å²) in [6, 6.07) is 7.04. The highest BCUT2D eigenvalue weighted by molar-refractivity contribution is 7.91. The number of anilines is 1. The van der Waals surface area contributed by atoms with Gasteiger partial charge in [-0.3, -0.25) is 10.1 Å². The Labute approximate surface area is 175 Å². The molecule has 1 saturated carbocycles. The van der Waals surface area contributed by atoms with E-state index in [1.165, 1.54) is 19.3 Å². The quantitative estimate of drug-likeness (QED) is 0.460. The van der Waals surface area contributed by atoms with Gasteiger partial charge < -0.3 is 4.74 Å². The highest BCUT2D eigenvalue weighted by Gasteiger charge is 2.21. The van der Waals surface area contributed by atoms with E-state index in [1.807, 2.05) is 19.1 Å². The first-order valence-corrected chi connectivity index (χ1v) is 12.1. The van der Waals surface area contributed by atoms with E-state index in [1.54, 1.807) is 12.1 Å². The monoisotopic (exact) mass is 438 g/mol. The third-order valence-electron chi connectivity index (χ3n) is 4.69. The number of rotatable bonds is 9. The van der Waals surface area contributed by atoms with E-state index < -0.39 is 10.0 Å². The summed E-state index contributed by atoms with van der Waals surface area (Å²) in [4.78, 5) is 12.2. The van der Waals surface area contributed by atoms with Crippen LogP contribution in [0.4, 0.5) is 5.13 Å². The molecule has 2 aromatic rings. The van der Waals surface area contributed by atoms with Gasteiger partial charge in [-0.15, -0.1) is 10.2 Å². The van der Waals surface area contributed by atoms with Crippen LogP contribution in [0.1, 0.15) is 54.4 Å². The highest BCUT2D eigenvalue weighted by atomic mass is 32.2. The van der Waals surface area contributed by atoms with Gasteiger partial charge in [0, 0.05) is 18.7 Å². The molecule has 8 nitrogen and oxygen atoms in total. The molecule has 0 unspecified atom stereocenters. The molecule has 1 fully saturated rings. The predicted octanol–water partition coefficient (Wildman–Crippen LogP) is 3.12. The Balaban J connectivity index is 1.45. The Morgan fingerprint density at radius 1 is 1.17 bits per heavy atom. The van der Waals surface area contributed by atoms with Gasteiger partial charge in [0.25, 0.3) is 15.9 Å². The van der Waals surface area contributed by atoms with Crippen molar-refractivity contribution in [2.45, 2.75) is 55.9 Å². The first kappa shape index (κ1) is 21.8. The second-order valence-electron chi connectivity index (χ2n) is 7.08. The zero-order chi connectivity index (χ0) is 20.7. The number of carbonyl (C=O) groups excluding carboxylic acids is 1. The Morgan fingerprint density at radius 3 is 2.62 bits per heavy atom. The van der Waals surface area contributed by atoms with Gasteiger partial charge in [-0.1, -0.05) is 48.3 Å². The number of carbonyl (C=O) groups is 1. The van der Waals surface area contributed by atoms with Crippen LogP contribution in [-0.4, -0.2) is 43.8 Å². The summed E-state index contributed by atoms with van der Waals surface area (Å²) in [6.45, 7) is 2.72. The van der Waals surface area contributed by atoms with Crippen LogP contribution in [0.15, 0.2) is 28.6 Å². The average molecular weight is 439 g/mol. The number of hydrogen-bond acceptors (Lipinski definition) is 7. The summed E-state index contributed by atoms with van der Waals surface area (Å²) in [5.41, 5.74) is 1.51. The molecule has 1 amide bonds. The Bertz CT molecular complexity index is 907. The number of nitrogens with zero attached hydrogens (tertiary/aromatic N) is 2. The lowest BCUT2D eigenvalue weighted by Crippen LogP contribution is -2.26.